The van der Waals surface area contributed by atoms with Crippen molar-refractivity contribution in [1.29, 1.82) is 0 Å². The molecule has 1 atom stereocenters. The lowest BCUT2D eigenvalue weighted by Gasteiger charge is -2.02. The topological polar surface area (TPSA) is 48.8 Å². The second-order valence-electron chi connectivity index (χ2n) is 1.83. The second-order valence-corrected chi connectivity index (χ2v) is 6.64. The maximum absolute atomic E-state index is 10.9. The lowest BCUT2D eigenvalue weighted by atomic mass is 10.8. The zero-order chi connectivity index (χ0) is 9.35. The van der Waals surface area contributed by atoms with Gasteiger partial charge in [-0.05, 0) is 11.3 Å². The second kappa shape index (κ2) is 3.86. The van der Waals surface area contributed by atoms with Gasteiger partial charge in [0.25, 0.3) is 0 Å². The molecule has 1 aromatic rings. The van der Waals surface area contributed by atoms with Crippen molar-refractivity contribution in [2.75, 3.05) is 6.26 Å². The van der Waals surface area contributed by atoms with E-state index in [-0.39, 0.29) is 5.01 Å². The fourth-order valence-electron chi connectivity index (χ4n) is 0.440. The number of hydrogen-bond donors (Lipinski definition) is 0. The van der Waals surface area contributed by atoms with Crippen molar-refractivity contribution in [3.05, 3.63) is 5.01 Å². The Bertz CT molecular complexity index is 272. The summed E-state index contributed by atoms with van der Waals surface area (Å²) in [5.41, 5.74) is 0. The minimum absolute atomic E-state index is 0.234. The molecule has 0 aliphatic carbocycles. The molecule has 0 fully saturated rings. The first-order chi connectivity index (χ1) is 5.41. The maximum Gasteiger partial charge on any atom is 0.321 e. The molecule has 12 heavy (non-hydrogen) atoms. The van der Waals surface area contributed by atoms with E-state index in [1.54, 1.807) is 0 Å². The van der Waals surface area contributed by atoms with Crippen molar-refractivity contribution in [2.45, 2.75) is 8.13 Å². The van der Waals surface area contributed by atoms with Gasteiger partial charge in [0.1, 0.15) is 6.26 Å². The van der Waals surface area contributed by atoms with Crippen LogP contribution in [0.1, 0.15) is 5.01 Å². The predicted molar refractivity (Wildman–Crippen MR) is 51.5 cm³/mol. The average molecular weight is 266 g/mol. The first kappa shape index (κ1) is 10.8. The number of aromatic nitrogens is 2. The highest BCUT2D eigenvalue weighted by atomic mass is 35.6. The maximum atomic E-state index is 10.9. The first-order valence-corrected chi connectivity index (χ1v) is 6.16. The number of halogens is 3. The van der Waals surface area contributed by atoms with Crippen LogP contribution in [0.2, 0.25) is 0 Å². The van der Waals surface area contributed by atoms with Crippen LogP contribution in [0.5, 0.6) is 0 Å². The van der Waals surface area contributed by atoms with Crippen LogP contribution in [0.3, 0.4) is 0 Å². The third kappa shape index (κ3) is 2.61. The molecule has 0 aliphatic rings. The van der Waals surface area contributed by atoms with Crippen LogP contribution in [0.4, 0.5) is 0 Å². The summed E-state index contributed by atoms with van der Waals surface area (Å²) >= 11 is 16.4. The lowest BCUT2D eigenvalue weighted by molar-refractivity contribution is 0.599. The van der Waals surface area contributed by atoms with E-state index in [0.29, 0.717) is 4.34 Å². The van der Waals surface area contributed by atoms with Gasteiger partial charge >= 0.3 is 4.34 Å². The van der Waals surface area contributed by atoms with E-state index in [1.807, 2.05) is 0 Å². The molecule has 0 spiro atoms. The van der Waals surface area contributed by atoms with Gasteiger partial charge in [-0.15, -0.1) is 5.10 Å². The quantitative estimate of drug-likeness (QED) is 0.577. The number of nitrogens with zero attached hydrogens (tertiary/aromatic N) is 2. The largest absolute Gasteiger partial charge is 0.610 e. The molecule has 1 heterocycles. The van der Waals surface area contributed by atoms with E-state index in [2.05, 4.69) is 10.2 Å². The van der Waals surface area contributed by atoms with E-state index in [4.69, 9.17) is 34.8 Å². The Morgan fingerprint density at radius 2 is 2.00 bits per heavy atom. The van der Waals surface area contributed by atoms with Crippen LogP contribution in [0.15, 0.2) is 4.34 Å². The summed E-state index contributed by atoms with van der Waals surface area (Å²) in [6.45, 7) is 0. The summed E-state index contributed by atoms with van der Waals surface area (Å²) in [5.74, 6) is 0. The molecule has 3 nitrogen and oxygen atoms in total. The minimum atomic E-state index is -1.57. The van der Waals surface area contributed by atoms with Gasteiger partial charge in [0.2, 0.25) is 3.79 Å². The molecule has 0 bridgehead atoms. The zero-order valence-electron chi connectivity index (χ0n) is 5.75. The number of hydrogen-bond acceptors (Lipinski definition) is 4. The summed E-state index contributed by atoms with van der Waals surface area (Å²) < 4.78 is 9.66. The Kier molecular flexibility index (Phi) is 3.48. The molecule has 0 aromatic carbocycles. The van der Waals surface area contributed by atoms with Gasteiger partial charge in [-0.1, -0.05) is 39.9 Å². The molecule has 68 valence electrons. The van der Waals surface area contributed by atoms with Crippen molar-refractivity contribution >= 4 is 57.3 Å². The molecule has 1 unspecified atom stereocenters. The van der Waals surface area contributed by atoms with Crippen LogP contribution in [0.25, 0.3) is 0 Å². The van der Waals surface area contributed by atoms with Crippen LogP contribution in [-0.4, -0.2) is 21.0 Å². The molecule has 0 saturated carbocycles. The van der Waals surface area contributed by atoms with Crippen molar-refractivity contribution in [2.24, 2.45) is 0 Å². The van der Waals surface area contributed by atoms with Gasteiger partial charge in [0, 0.05) is 11.2 Å². The number of alkyl halides is 3. The molecule has 0 saturated heterocycles. The fourth-order valence-corrected chi connectivity index (χ4v) is 2.21. The molecule has 0 radical (unpaired) electrons. The molecule has 8 heteroatoms. The minimum Gasteiger partial charge on any atom is -0.610 e. The smallest absolute Gasteiger partial charge is 0.321 e. The fraction of sp³-hybridized carbons (Fsp3) is 0.500. The Morgan fingerprint density at radius 1 is 1.42 bits per heavy atom. The Hall–Kier alpha value is 0.740. The van der Waals surface area contributed by atoms with Crippen molar-refractivity contribution in [1.82, 2.24) is 10.2 Å². The molecule has 0 N–H and O–H groups in total. The van der Waals surface area contributed by atoms with E-state index >= 15 is 0 Å². The predicted octanol–water partition coefficient (Wildman–Crippen LogP) is 2.10. The molecule has 0 amide bonds. The summed E-state index contributed by atoms with van der Waals surface area (Å²) in [7, 11) is 0. The average Bonchev–Trinajstić information content (AvgIpc) is 2.30. The van der Waals surface area contributed by atoms with Gasteiger partial charge < -0.3 is 4.55 Å². The third-order valence-corrected chi connectivity index (χ3v) is 4.13. The van der Waals surface area contributed by atoms with Gasteiger partial charge in [-0.25, -0.2) is 0 Å². The Morgan fingerprint density at radius 3 is 2.25 bits per heavy atom. The van der Waals surface area contributed by atoms with E-state index in [0.717, 1.165) is 11.3 Å². The van der Waals surface area contributed by atoms with Crippen molar-refractivity contribution in [3.8, 4) is 0 Å². The van der Waals surface area contributed by atoms with Crippen LogP contribution < -0.4 is 0 Å². The normalized spacial score (nSPS) is 14.8. The molecule has 1 aromatic heterocycles. The van der Waals surface area contributed by atoms with Crippen molar-refractivity contribution in [3.63, 3.8) is 0 Å². The zero-order valence-corrected chi connectivity index (χ0v) is 9.65. The molecule has 0 aliphatic heterocycles. The van der Waals surface area contributed by atoms with Crippen molar-refractivity contribution < 1.29 is 4.55 Å². The van der Waals surface area contributed by atoms with Gasteiger partial charge in [-0.3, -0.25) is 0 Å². The molecule has 1 rings (SSSR count). The summed E-state index contributed by atoms with van der Waals surface area (Å²) in [4.78, 5) is 0. The van der Waals surface area contributed by atoms with E-state index in [9.17, 15) is 4.55 Å². The third-order valence-electron chi connectivity index (χ3n) is 0.895. The Labute approximate surface area is 91.2 Å². The number of rotatable bonds is 1. The van der Waals surface area contributed by atoms with Crippen LogP contribution in [0, 0.1) is 0 Å². The summed E-state index contributed by atoms with van der Waals surface area (Å²) in [6, 6.07) is 0. The molecular weight excluding hydrogens is 263 g/mol. The van der Waals surface area contributed by atoms with E-state index < -0.39 is 15.0 Å². The summed E-state index contributed by atoms with van der Waals surface area (Å²) in [5, 5.41) is 7.42. The van der Waals surface area contributed by atoms with Crippen LogP contribution >= 0.6 is 46.1 Å². The SMILES string of the molecule is C[S+]([O-])c1nnc(C(Cl)(Cl)Cl)s1. The van der Waals surface area contributed by atoms with Gasteiger partial charge in [0.05, 0.1) is 0 Å². The van der Waals surface area contributed by atoms with E-state index in [1.165, 1.54) is 6.26 Å². The Balaban J connectivity index is 2.92. The lowest BCUT2D eigenvalue weighted by Crippen LogP contribution is -1.98. The highest BCUT2D eigenvalue weighted by molar-refractivity contribution is 7.92. The highest BCUT2D eigenvalue weighted by Crippen LogP contribution is 2.40. The monoisotopic (exact) mass is 264 g/mol. The first-order valence-electron chi connectivity index (χ1n) is 2.65. The van der Waals surface area contributed by atoms with Gasteiger partial charge in [-0.2, -0.15) is 0 Å². The molecular formula is C4H3Cl3N2OS2. The van der Waals surface area contributed by atoms with Gasteiger partial charge in [0.15, 0.2) is 5.01 Å². The summed E-state index contributed by atoms with van der Waals surface area (Å²) in [6.07, 6.45) is 1.49. The standard InChI is InChI=1S/C4H3Cl3N2OS2/c1-12(10)3-9-8-2(11-3)4(5,6)7/h1H3. The highest BCUT2D eigenvalue weighted by Gasteiger charge is 2.29. The van der Waals surface area contributed by atoms with Crippen LogP contribution in [-0.2, 0) is 15.0 Å².